The molecule has 0 N–H and O–H groups in total. The molecule has 0 amide bonds. The molecular weight excluding hydrogens is 280 g/mol. The Morgan fingerprint density at radius 1 is 1.38 bits per heavy atom. The molecule has 6 heteroatoms. The predicted octanol–water partition coefficient (Wildman–Crippen LogP) is 3.94. The van der Waals surface area contributed by atoms with Crippen molar-refractivity contribution in [2.24, 2.45) is 0 Å². The highest BCUT2D eigenvalue weighted by Crippen LogP contribution is 2.45. The molecule has 0 aliphatic heterocycles. The number of carbonyl (C=O) groups excluding carboxylic acids is 1. The van der Waals surface area contributed by atoms with Crippen LogP contribution in [-0.4, -0.2) is 18.2 Å². The number of hydrogen-bond acceptors (Lipinski definition) is 4. The summed E-state index contributed by atoms with van der Waals surface area (Å²) < 4.78 is 36.2. The Morgan fingerprint density at radius 3 is 2.71 bits per heavy atom. The Bertz CT molecular complexity index is 677. The Balaban J connectivity index is 2.17. The van der Waals surface area contributed by atoms with Crippen molar-refractivity contribution in [2.75, 3.05) is 7.11 Å². The molecule has 0 atom stereocenters. The quantitative estimate of drug-likeness (QED) is 0.801. The van der Waals surface area contributed by atoms with Crippen LogP contribution in [0.1, 0.15) is 46.9 Å². The monoisotopic (exact) mass is 293 g/mol. The van der Waals surface area contributed by atoms with Crippen LogP contribution in [0, 0.1) is 0 Å². The molecule has 3 rings (SSSR count). The minimum atomic E-state index is -2.66. The third kappa shape index (κ3) is 2.41. The summed E-state index contributed by atoms with van der Waals surface area (Å²) in [5, 5.41) is 3.85. The van der Waals surface area contributed by atoms with Gasteiger partial charge in [-0.15, -0.1) is 0 Å². The van der Waals surface area contributed by atoms with Gasteiger partial charge in [-0.1, -0.05) is 29.4 Å². The Labute approximate surface area is 119 Å². The Hall–Kier alpha value is -2.24. The Kier molecular flexibility index (Phi) is 3.45. The highest BCUT2D eigenvalue weighted by Gasteiger charge is 2.36. The number of hydrogen-bond donors (Lipinski definition) is 0. The van der Waals surface area contributed by atoms with E-state index >= 15 is 0 Å². The normalized spacial score (nSPS) is 14.5. The number of ether oxygens (including phenoxy) is 1. The van der Waals surface area contributed by atoms with Crippen molar-refractivity contribution in [3.63, 3.8) is 0 Å². The van der Waals surface area contributed by atoms with Crippen LogP contribution < -0.4 is 0 Å². The van der Waals surface area contributed by atoms with Crippen LogP contribution >= 0.6 is 0 Å². The summed E-state index contributed by atoms with van der Waals surface area (Å²) in [4.78, 5) is 12.0. The lowest BCUT2D eigenvalue weighted by molar-refractivity contribution is 0.0598. The smallest absolute Gasteiger partial charge is 0.343 e. The number of nitrogens with zero attached hydrogens (tertiary/aromatic N) is 1. The summed E-state index contributed by atoms with van der Waals surface area (Å²) in [6.07, 6.45) is -0.864. The van der Waals surface area contributed by atoms with Crippen molar-refractivity contribution in [3.05, 3.63) is 41.2 Å². The van der Waals surface area contributed by atoms with E-state index in [-0.39, 0.29) is 28.3 Å². The fraction of sp³-hybridized carbons (Fsp3) is 0.333. The molecule has 1 aromatic carbocycles. The van der Waals surface area contributed by atoms with Crippen molar-refractivity contribution in [3.8, 4) is 11.3 Å². The van der Waals surface area contributed by atoms with E-state index in [1.807, 2.05) is 0 Å². The summed E-state index contributed by atoms with van der Waals surface area (Å²) in [7, 11) is 1.24. The third-order valence-electron chi connectivity index (χ3n) is 3.51. The molecule has 4 nitrogen and oxygen atoms in total. The Morgan fingerprint density at radius 2 is 2.10 bits per heavy atom. The summed E-state index contributed by atoms with van der Waals surface area (Å²) in [6.45, 7) is 0. The summed E-state index contributed by atoms with van der Waals surface area (Å²) in [5.74, 6) is -0.0581. The van der Waals surface area contributed by atoms with Crippen molar-refractivity contribution in [1.82, 2.24) is 5.16 Å². The molecular formula is C15H13F2NO3. The van der Waals surface area contributed by atoms with Gasteiger partial charge in [-0.2, -0.15) is 0 Å². The molecule has 1 aromatic heterocycles. The number of methoxy groups -OCH3 is 1. The molecule has 0 unspecified atom stereocenters. The van der Waals surface area contributed by atoms with E-state index in [0.29, 0.717) is 5.76 Å². The van der Waals surface area contributed by atoms with Gasteiger partial charge < -0.3 is 9.26 Å². The van der Waals surface area contributed by atoms with E-state index in [9.17, 15) is 13.6 Å². The molecule has 2 aromatic rings. The highest BCUT2D eigenvalue weighted by molar-refractivity contribution is 5.97. The molecule has 1 aliphatic carbocycles. The lowest BCUT2D eigenvalue weighted by Crippen LogP contribution is -2.05. The standard InChI is InChI=1S/C15H13F2NO3/c1-20-15(19)11-12(18-21-13(11)8-6-7-8)9-4-2-3-5-10(9)14(16)17/h2-5,8,14H,6-7H2,1H3. The molecule has 110 valence electrons. The van der Waals surface area contributed by atoms with E-state index < -0.39 is 12.4 Å². The second-order valence-electron chi connectivity index (χ2n) is 4.92. The summed E-state index contributed by atoms with van der Waals surface area (Å²) in [5.41, 5.74) is 0.301. The fourth-order valence-corrected chi connectivity index (χ4v) is 2.31. The van der Waals surface area contributed by atoms with E-state index in [0.717, 1.165) is 12.8 Å². The first-order valence-corrected chi connectivity index (χ1v) is 6.58. The minimum absolute atomic E-state index is 0.124. The lowest BCUT2D eigenvalue weighted by Gasteiger charge is -2.07. The van der Waals surface area contributed by atoms with E-state index in [1.165, 1.54) is 25.3 Å². The van der Waals surface area contributed by atoms with Crippen LogP contribution in [0.2, 0.25) is 0 Å². The van der Waals surface area contributed by atoms with E-state index in [4.69, 9.17) is 9.26 Å². The fourth-order valence-electron chi connectivity index (χ4n) is 2.31. The molecule has 1 aliphatic rings. The average molecular weight is 293 g/mol. The predicted molar refractivity (Wildman–Crippen MR) is 70.2 cm³/mol. The molecule has 0 radical (unpaired) electrons. The lowest BCUT2D eigenvalue weighted by atomic mass is 10.00. The van der Waals surface area contributed by atoms with Crippen molar-refractivity contribution in [2.45, 2.75) is 25.2 Å². The molecule has 0 bridgehead atoms. The molecule has 0 spiro atoms. The number of esters is 1. The minimum Gasteiger partial charge on any atom is -0.465 e. The molecule has 1 saturated carbocycles. The number of benzene rings is 1. The van der Waals surface area contributed by atoms with Gasteiger partial charge in [0, 0.05) is 17.0 Å². The van der Waals surface area contributed by atoms with Crippen LogP contribution in [0.3, 0.4) is 0 Å². The van der Waals surface area contributed by atoms with Gasteiger partial charge in [-0.25, -0.2) is 13.6 Å². The van der Waals surface area contributed by atoms with Gasteiger partial charge in [0.15, 0.2) is 5.76 Å². The second-order valence-corrected chi connectivity index (χ2v) is 4.92. The molecule has 21 heavy (non-hydrogen) atoms. The maximum Gasteiger partial charge on any atom is 0.343 e. The van der Waals surface area contributed by atoms with Gasteiger partial charge >= 0.3 is 5.97 Å². The van der Waals surface area contributed by atoms with Gasteiger partial charge in [0.05, 0.1) is 7.11 Å². The first-order chi connectivity index (χ1) is 10.1. The van der Waals surface area contributed by atoms with E-state index in [2.05, 4.69) is 5.16 Å². The van der Waals surface area contributed by atoms with Crippen LogP contribution in [-0.2, 0) is 4.74 Å². The van der Waals surface area contributed by atoms with E-state index in [1.54, 1.807) is 6.07 Å². The zero-order valence-electron chi connectivity index (χ0n) is 11.3. The van der Waals surface area contributed by atoms with Crippen molar-refractivity contribution in [1.29, 1.82) is 0 Å². The number of rotatable bonds is 4. The first-order valence-electron chi connectivity index (χ1n) is 6.58. The number of aromatic nitrogens is 1. The van der Waals surface area contributed by atoms with Crippen molar-refractivity contribution >= 4 is 5.97 Å². The summed E-state index contributed by atoms with van der Waals surface area (Å²) >= 11 is 0. The molecule has 0 saturated heterocycles. The van der Waals surface area contributed by atoms with Gasteiger partial charge in [0.2, 0.25) is 0 Å². The molecule has 1 heterocycles. The zero-order valence-corrected chi connectivity index (χ0v) is 11.3. The van der Waals surface area contributed by atoms with Crippen LogP contribution in [0.15, 0.2) is 28.8 Å². The maximum atomic E-state index is 13.1. The van der Waals surface area contributed by atoms with Crippen LogP contribution in [0.4, 0.5) is 8.78 Å². The number of alkyl halides is 2. The topological polar surface area (TPSA) is 52.3 Å². The second kappa shape index (κ2) is 5.27. The summed E-state index contributed by atoms with van der Waals surface area (Å²) in [6, 6.07) is 5.95. The number of carbonyl (C=O) groups is 1. The maximum absolute atomic E-state index is 13.1. The number of halogens is 2. The largest absolute Gasteiger partial charge is 0.465 e. The van der Waals surface area contributed by atoms with Gasteiger partial charge in [0.1, 0.15) is 11.3 Å². The first kappa shape index (κ1) is 13.7. The van der Waals surface area contributed by atoms with Gasteiger partial charge in [0.25, 0.3) is 6.43 Å². The highest BCUT2D eigenvalue weighted by atomic mass is 19.3. The zero-order chi connectivity index (χ0) is 15.0. The van der Waals surface area contributed by atoms with Crippen LogP contribution in [0.25, 0.3) is 11.3 Å². The third-order valence-corrected chi connectivity index (χ3v) is 3.51. The molecule has 1 fully saturated rings. The van der Waals surface area contributed by atoms with Crippen molar-refractivity contribution < 1.29 is 22.8 Å². The van der Waals surface area contributed by atoms with Gasteiger partial charge in [-0.05, 0) is 12.8 Å². The SMILES string of the molecule is COC(=O)c1c(-c2ccccc2C(F)F)noc1C1CC1. The average Bonchev–Trinajstić information content (AvgIpc) is 3.25. The van der Waals surface area contributed by atoms with Crippen LogP contribution in [0.5, 0.6) is 0 Å². The van der Waals surface area contributed by atoms with Gasteiger partial charge in [-0.3, -0.25) is 0 Å².